The summed E-state index contributed by atoms with van der Waals surface area (Å²) in [4.78, 5) is 52.2. The van der Waals surface area contributed by atoms with Gasteiger partial charge in [-0.1, -0.05) is 0 Å². The molecule has 0 aromatic carbocycles. The van der Waals surface area contributed by atoms with E-state index in [0.29, 0.717) is 12.7 Å². The molecule has 1 fully saturated rings. The first-order valence-electron chi connectivity index (χ1n) is 6.50. The van der Waals surface area contributed by atoms with Gasteiger partial charge < -0.3 is 5.11 Å². The number of fused-ring (bicyclic) bond motifs is 1. The predicted octanol–water partition coefficient (Wildman–Crippen LogP) is -0.00380. The molecule has 0 unspecified atom stereocenters. The van der Waals surface area contributed by atoms with Gasteiger partial charge in [0, 0.05) is 11.3 Å². The molecule has 2 rings (SSSR count). The van der Waals surface area contributed by atoms with E-state index in [9.17, 15) is 24.3 Å². The number of rotatable bonds is 5. The van der Waals surface area contributed by atoms with Gasteiger partial charge in [0.1, 0.15) is 17.4 Å². The third-order valence-corrected chi connectivity index (χ3v) is 4.36. The molecular weight excluding hydrogens is 312 g/mol. The number of hydroxylamine groups is 2. The zero-order valence-electron chi connectivity index (χ0n) is 12.3. The second-order valence-corrected chi connectivity index (χ2v) is 6.93. The van der Waals surface area contributed by atoms with Crippen LogP contribution in [0.5, 0.6) is 0 Å². The minimum Gasteiger partial charge on any atom is -0.477 e. The highest BCUT2D eigenvalue weighted by Crippen LogP contribution is 2.42. The molecule has 0 aromatic rings. The summed E-state index contributed by atoms with van der Waals surface area (Å²) in [5.74, 6) is -1.75. The molecule has 8 nitrogen and oxygen atoms in total. The molecule has 0 bridgehead atoms. The number of thioether (sulfide) groups is 1. The van der Waals surface area contributed by atoms with E-state index in [2.05, 4.69) is 0 Å². The quantitative estimate of drug-likeness (QED) is 0.430. The van der Waals surface area contributed by atoms with E-state index in [1.807, 2.05) is 0 Å². The molecule has 22 heavy (non-hydrogen) atoms. The summed E-state index contributed by atoms with van der Waals surface area (Å²) < 4.78 is 0. The Morgan fingerprint density at radius 3 is 2.55 bits per heavy atom. The SMILES string of the molecule is CC(C)(C)ON(C=O)[C@@H]1C(=O)N2C(C(=O)O)=C(C=O)CS[C@H]12. The van der Waals surface area contributed by atoms with Crippen molar-refractivity contribution < 1.29 is 29.1 Å². The average Bonchev–Trinajstić information content (AvgIpc) is 2.43. The smallest absolute Gasteiger partial charge is 0.353 e. The number of aliphatic carboxylic acids is 1. The molecule has 2 aliphatic heterocycles. The summed E-state index contributed by atoms with van der Waals surface area (Å²) in [6.45, 7) is 5.18. The summed E-state index contributed by atoms with van der Waals surface area (Å²) in [6.07, 6.45) is 0.849. The number of hydrogen-bond donors (Lipinski definition) is 1. The van der Waals surface area contributed by atoms with E-state index in [4.69, 9.17) is 4.84 Å². The summed E-state index contributed by atoms with van der Waals surface area (Å²) in [7, 11) is 0. The zero-order chi connectivity index (χ0) is 16.7. The van der Waals surface area contributed by atoms with Gasteiger partial charge in [0.05, 0.1) is 5.60 Å². The first kappa shape index (κ1) is 16.5. The fraction of sp³-hybridized carbons (Fsp3) is 0.538. The van der Waals surface area contributed by atoms with Gasteiger partial charge in [-0.25, -0.2) is 9.86 Å². The molecule has 0 saturated carbocycles. The van der Waals surface area contributed by atoms with Crippen molar-refractivity contribution in [2.45, 2.75) is 37.8 Å². The van der Waals surface area contributed by atoms with Crippen molar-refractivity contribution in [3.63, 3.8) is 0 Å². The number of β-lactam (4-membered cyclic amide) rings is 1. The molecular formula is C13H16N2O6S. The van der Waals surface area contributed by atoms with Gasteiger partial charge in [-0.2, -0.15) is 0 Å². The predicted molar refractivity (Wildman–Crippen MR) is 76.3 cm³/mol. The summed E-state index contributed by atoms with van der Waals surface area (Å²) in [5.41, 5.74) is -0.947. The zero-order valence-corrected chi connectivity index (χ0v) is 13.1. The average molecular weight is 328 g/mol. The van der Waals surface area contributed by atoms with Crippen molar-refractivity contribution in [3.8, 4) is 0 Å². The Labute approximate surface area is 131 Å². The third kappa shape index (κ3) is 2.73. The van der Waals surface area contributed by atoms with Gasteiger partial charge in [0.25, 0.3) is 5.91 Å². The highest BCUT2D eigenvalue weighted by Gasteiger charge is 2.57. The molecule has 9 heteroatoms. The lowest BCUT2D eigenvalue weighted by Crippen LogP contribution is -2.70. The fourth-order valence-electron chi connectivity index (χ4n) is 2.28. The largest absolute Gasteiger partial charge is 0.477 e. The first-order chi connectivity index (χ1) is 10.2. The van der Waals surface area contributed by atoms with Crippen LogP contribution in [-0.4, -0.2) is 62.4 Å². The summed E-state index contributed by atoms with van der Waals surface area (Å²) in [5, 5.41) is 9.56. The normalized spacial score (nSPS) is 24.5. The standard InChI is InChI=1S/C13H16N2O6S/c1-13(2,3)21-14(6-17)9-10(18)15-8(12(19)20)7(4-16)5-22-11(9)15/h4,6,9,11H,5H2,1-3H3,(H,19,20)/t9-,11-/m1/s1. The van der Waals surface area contributed by atoms with Crippen molar-refractivity contribution in [3.05, 3.63) is 11.3 Å². The van der Waals surface area contributed by atoms with Crippen LogP contribution in [0.4, 0.5) is 0 Å². The van der Waals surface area contributed by atoms with Crippen LogP contribution in [-0.2, 0) is 24.0 Å². The minimum absolute atomic E-state index is 0.0509. The Balaban J connectivity index is 2.28. The van der Waals surface area contributed by atoms with Crippen molar-refractivity contribution >= 4 is 36.3 Å². The number of carbonyl (C=O) groups excluding carboxylic acids is 3. The van der Waals surface area contributed by atoms with E-state index in [1.165, 1.54) is 11.8 Å². The minimum atomic E-state index is -1.34. The molecule has 0 spiro atoms. The van der Waals surface area contributed by atoms with Crippen LogP contribution in [0.1, 0.15) is 20.8 Å². The fourth-order valence-corrected chi connectivity index (χ4v) is 3.61. The Bertz CT molecular complexity index is 567. The van der Waals surface area contributed by atoms with E-state index in [1.54, 1.807) is 20.8 Å². The van der Waals surface area contributed by atoms with Gasteiger partial charge in [-0.3, -0.25) is 24.1 Å². The van der Waals surface area contributed by atoms with Crippen LogP contribution in [0, 0.1) is 0 Å². The van der Waals surface area contributed by atoms with Gasteiger partial charge in [0.2, 0.25) is 6.41 Å². The molecule has 0 aliphatic carbocycles. The van der Waals surface area contributed by atoms with Gasteiger partial charge in [-0.05, 0) is 20.8 Å². The van der Waals surface area contributed by atoms with Crippen LogP contribution >= 0.6 is 11.8 Å². The van der Waals surface area contributed by atoms with Crippen LogP contribution in [0.25, 0.3) is 0 Å². The van der Waals surface area contributed by atoms with Crippen molar-refractivity contribution in [1.82, 2.24) is 9.96 Å². The molecule has 0 aromatic heterocycles. The van der Waals surface area contributed by atoms with E-state index in [0.717, 1.165) is 9.96 Å². The number of carbonyl (C=O) groups is 4. The van der Waals surface area contributed by atoms with Crippen molar-refractivity contribution in [2.75, 3.05) is 5.75 Å². The van der Waals surface area contributed by atoms with Crippen LogP contribution in [0.2, 0.25) is 0 Å². The molecule has 1 N–H and O–H groups in total. The van der Waals surface area contributed by atoms with Crippen LogP contribution in [0.15, 0.2) is 11.3 Å². The van der Waals surface area contributed by atoms with Gasteiger partial charge in [0.15, 0.2) is 6.04 Å². The monoisotopic (exact) mass is 328 g/mol. The maximum atomic E-state index is 12.3. The Hall–Kier alpha value is -1.87. The van der Waals surface area contributed by atoms with Gasteiger partial charge >= 0.3 is 5.97 Å². The Kier molecular flexibility index (Phi) is 4.30. The topological polar surface area (TPSA) is 104 Å². The number of hydrogen-bond acceptors (Lipinski definition) is 6. The number of carboxylic acids is 1. The number of nitrogens with zero attached hydrogens (tertiary/aromatic N) is 2. The number of carboxylic acid groups (broad SMARTS) is 1. The molecule has 2 amide bonds. The third-order valence-electron chi connectivity index (χ3n) is 3.07. The lowest BCUT2D eigenvalue weighted by Gasteiger charge is -2.51. The molecule has 2 atom stereocenters. The van der Waals surface area contributed by atoms with Crippen molar-refractivity contribution in [1.29, 1.82) is 0 Å². The Morgan fingerprint density at radius 1 is 1.45 bits per heavy atom. The molecule has 2 aliphatic rings. The number of amides is 2. The van der Waals surface area contributed by atoms with E-state index < -0.39 is 28.9 Å². The second kappa shape index (κ2) is 5.73. The highest BCUT2D eigenvalue weighted by molar-refractivity contribution is 8.00. The summed E-state index contributed by atoms with van der Waals surface area (Å²) in [6, 6.07) is -0.899. The second-order valence-electron chi connectivity index (χ2n) is 5.82. The van der Waals surface area contributed by atoms with E-state index in [-0.39, 0.29) is 17.0 Å². The maximum absolute atomic E-state index is 12.3. The molecule has 0 radical (unpaired) electrons. The molecule has 1 saturated heterocycles. The Morgan fingerprint density at radius 2 is 2.09 bits per heavy atom. The number of aldehydes is 1. The molecule has 120 valence electrons. The van der Waals surface area contributed by atoms with Crippen LogP contribution in [0.3, 0.4) is 0 Å². The van der Waals surface area contributed by atoms with Crippen molar-refractivity contribution in [2.24, 2.45) is 0 Å². The lowest BCUT2D eigenvalue weighted by atomic mass is 10.0. The first-order valence-corrected chi connectivity index (χ1v) is 7.55. The highest BCUT2D eigenvalue weighted by atomic mass is 32.2. The lowest BCUT2D eigenvalue weighted by molar-refractivity contribution is -0.245. The van der Waals surface area contributed by atoms with Gasteiger partial charge in [-0.15, -0.1) is 11.8 Å². The summed E-state index contributed by atoms with van der Waals surface area (Å²) >= 11 is 1.22. The maximum Gasteiger partial charge on any atom is 0.353 e. The van der Waals surface area contributed by atoms with E-state index >= 15 is 0 Å². The molecule has 2 heterocycles. The van der Waals surface area contributed by atoms with Crippen LogP contribution < -0.4 is 0 Å².